The van der Waals surface area contributed by atoms with Crippen molar-refractivity contribution in [2.24, 2.45) is 0 Å². The number of carbonyl (C=O) groups is 1. The van der Waals surface area contributed by atoms with Gasteiger partial charge >= 0.3 is 0 Å². The molecule has 7 nitrogen and oxygen atoms in total. The molecule has 5 rings (SSSR count). The van der Waals surface area contributed by atoms with Gasteiger partial charge in [0.25, 0.3) is 5.91 Å². The summed E-state index contributed by atoms with van der Waals surface area (Å²) in [6.07, 6.45) is 2.24. The number of carbonyl (C=O) groups excluding carboxylic acids is 1. The van der Waals surface area contributed by atoms with Gasteiger partial charge in [-0.05, 0) is 55.3 Å². The molecule has 3 aromatic rings. The molecule has 1 aliphatic carbocycles. The fraction of sp³-hybridized carbons (Fsp3) is 0.304. The summed E-state index contributed by atoms with van der Waals surface area (Å²) < 4.78 is 19.5. The van der Waals surface area contributed by atoms with E-state index < -0.39 is 5.82 Å². The number of anilines is 1. The van der Waals surface area contributed by atoms with Crippen LogP contribution in [0.5, 0.6) is 0 Å². The van der Waals surface area contributed by atoms with Crippen molar-refractivity contribution in [3.8, 4) is 17.5 Å². The Morgan fingerprint density at radius 2 is 1.84 bits per heavy atom. The van der Waals surface area contributed by atoms with Crippen LogP contribution in [0.1, 0.15) is 40.6 Å². The number of halogens is 1. The minimum atomic E-state index is -0.659. The van der Waals surface area contributed by atoms with E-state index >= 15 is 0 Å². The molecule has 0 spiro atoms. The van der Waals surface area contributed by atoms with Crippen molar-refractivity contribution in [2.75, 3.05) is 31.1 Å². The van der Waals surface area contributed by atoms with Crippen LogP contribution in [0.15, 0.2) is 47.0 Å². The Labute approximate surface area is 178 Å². The van der Waals surface area contributed by atoms with E-state index in [4.69, 9.17) is 9.78 Å². The lowest BCUT2D eigenvalue weighted by Gasteiger charge is -2.36. The van der Waals surface area contributed by atoms with E-state index in [0.29, 0.717) is 37.9 Å². The van der Waals surface area contributed by atoms with Crippen LogP contribution in [-0.2, 0) is 0 Å². The van der Waals surface area contributed by atoms with Gasteiger partial charge in [0.2, 0.25) is 11.7 Å². The fourth-order valence-electron chi connectivity index (χ4n) is 3.77. The zero-order chi connectivity index (χ0) is 21.4. The van der Waals surface area contributed by atoms with E-state index in [1.54, 1.807) is 4.90 Å². The number of benzene rings is 2. The minimum absolute atomic E-state index is 0.00230. The highest BCUT2D eigenvalue weighted by atomic mass is 19.1. The first-order chi connectivity index (χ1) is 15.1. The van der Waals surface area contributed by atoms with E-state index in [1.165, 1.54) is 12.1 Å². The number of amides is 1. The Bertz CT molecular complexity index is 1160. The van der Waals surface area contributed by atoms with Crippen molar-refractivity contribution < 1.29 is 13.7 Å². The van der Waals surface area contributed by atoms with E-state index in [1.807, 2.05) is 30.3 Å². The first-order valence-corrected chi connectivity index (χ1v) is 10.3. The molecule has 156 valence electrons. The number of nitrogens with zero attached hydrogens (tertiary/aromatic N) is 5. The van der Waals surface area contributed by atoms with Crippen LogP contribution in [0.2, 0.25) is 0 Å². The lowest BCUT2D eigenvalue weighted by atomic mass is 10.1. The SMILES string of the molecule is N#Cc1ccc(C(=O)N2CCN(c3ccc(-c4noc(C5CC5)n4)cc3)CC2)c(F)c1. The lowest BCUT2D eigenvalue weighted by Crippen LogP contribution is -2.49. The van der Waals surface area contributed by atoms with Gasteiger partial charge in [-0.3, -0.25) is 4.79 Å². The summed E-state index contributed by atoms with van der Waals surface area (Å²) in [6.45, 7) is 2.29. The third kappa shape index (κ3) is 3.87. The first kappa shape index (κ1) is 19.2. The molecule has 2 aromatic carbocycles. The smallest absolute Gasteiger partial charge is 0.256 e. The molecule has 1 aliphatic heterocycles. The highest BCUT2D eigenvalue weighted by Gasteiger charge is 2.30. The average molecular weight is 417 g/mol. The molecule has 1 aromatic heterocycles. The van der Waals surface area contributed by atoms with Crippen LogP contribution >= 0.6 is 0 Å². The van der Waals surface area contributed by atoms with Crippen molar-refractivity contribution in [1.82, 2.24) is 15.0 Å². The largest absolute Gasteiger partial charge is 0.368 e. The van der Waals surface area contributed by atoms with Crippen molar-refractivity contribution in [1.29, 1.82) is 5.26 Å². The van der Waals surface area contributed by atoms with Crippen molar-refractivity contribution in [2.45, 2.75) is 18.8 Å². The summed E-state index contributed by atoms with van der Waals surface area (Å²) in [5.74, 6) is 0.748. The molecule has 8 heteroatoms. The predicted molar refractivity (Wildman–Crippen MR) is 111 cm³/mol. The number of hydrogen-bond acceptors (Lipinski definition) is 6. The van der Waals surface area contributed by atoms with Crippen molar-refractivity contribution in [3.63, 3.8) is 0 Å². The quantitative estimate of drug-likeness (QED) is 0.645. The third-order valence-electron chi connectivity index (χ3n) is 5.75. The maximum atomic E-state index is 14.2. The summed E-state index contributed by atoms with van der Waals surface area (Å²) in [6, 6.07) is 13.8. The van der Waals surface area contributed by atoms with Gasteiger partial charge in [-0.15, -0.1) is 0 Å². The van der Waals surface area contributed by atoms with Gasteiger partial charge < -0.3 is 14.3 Å². The lowest BCUT2D eigenvalue weighted by molar-refractivity contribution is 0.0742. The summed E-state index contributed by atoms with van der Waals surface area (Å²) in [5.41, 5.74) is 2.16. The molecule has 1 saturated heterocycles. The second-order valence-electron chi connectivity index (χ2n) is 7.86. The van der Waals surface area contributed by atoms with Gasteiger partial charge in [-0.1, -0.05) is 5.16 Å². The number of piperazine rings is 1. The Balaban J connectivity index is 1.22. The summed E-state index contributed by atoms with van der Waals surface area (Å²) >= 11 is 0. The zero-order valence-electron chi connectivity index (χ0n) is 16.8. The predicted octanol–water partition coefficient (Wildman–Crippen LogP) is 3.59. The van der Waals surface area contributed by atoms with E-state index in [0.717, 1.165) is 36.0 Å². The van der Waals surface area contributed by atoms with Crippen LogP contribution in [0, 0.1) is 17.1 Å². The van der Waals surface area contributed by atoms with Crippen LogP contribution in [-0.4, -0.2) is 47.1 Å². The number of rotatable bonds is 4. The van der Waals surface area contributed by atoms with Gasteiger partial charge in [0, 0.05) is 43.3 Å². The topological polar surface area (TPSA) is 86.3 Å². The second-order valence-corrected chi connectivity index (χ2v) is 7.86. The number of hydrogen-bond donors (Lipinski definition) is 0. The second kappa shape index (κ2) is 7.84. The molecule has 2 aliphatic rings. The molecule has 0 unspecified atom stereocenters. The van der Waals surface area contributed by atoms with Crippen LogP contribution in [0.4, 0.5) is 10.1 Å². The van der Waals surface area contributed by atoms with Gasteiger partial charge in [0.15, 0.2) is 0 Å². The van der Waals surface area contributed by atoms with Crippen LogP contribution in [0.3, 0.4) is 0 Å². The Hall–Kier alpha value is -3.73. The highest BCUT2D eigenvalue weighted by Crippen LogP contribution is 2.39. The normalized spacial score (nSPS) is 16.3. The van der Waals surface area contributed by atoms with Gasteiger partial charge in [0.1, 0.15) is 5.82 Å². The molecule has 0 bridgehead atoms. The summed E-state index contributed by atoms with van der Waals surface area (Å²) in [4.78, 5) is 21.0. The molecule has 0 N–H and O–H groups in total. The molecule has 0 atom stereocenters. The fourth-order valence-corrected chi connectivity index (χ4v) is 3.77. The van der Waals surface area contributed by atoms with E-state index in [-0.39, 0.29) is 17.0 Å². The monoisotopic (exact) mass is 417 g/mol. The number of nitriles is 1. The molecule has 2 fully saturated rings. The maximum absolute atomic E-state index is 14.2. The van der Waals surface area contributed by atoms with Crippen LogP contribution in [0.25, 0.3) is 11.4 Å². The summed E-state index contributed by atoms with van der Waals surface area (Å²) in [5, 5.41) is 12.9. The Morgan fingerprint density at radius 3 is 2.48 bits per heavy atom. The molecule has 1 saturated carbocycles. The highest BCUT2D eigenvalue weighted by molar-refractivity contribution is 5.94. The number of aromatic nitrogens is 2. The average Bonchev–Trinajstić information content (AvgIpc) is 3.55. The van der Waals surface area contributed by atoms with E-state index in [9.17, 15) is 9.18 Å². The van der Waals surface area contributed by atoms with Crippen molar-refractivity contribution >= 4 is 11.6 Å². The van der Waals surface area contributed by atoms with Crippen molar-refractivity contribution in [3.05, 3.63) is 65.3 Å². The first-order valence-electron chi connectivity index (χ1n) is 10.3. The molecule has 31 heavy (non-hydrogen) atoms. The molecule has 0 radical (unpaired) electrons. The van der Waals surface area contributed by atoms with Gasteiger partial charge in [-0.25, -0.2) is 4.39 Å². The van der Waals surface area contributed by atoms with Crippen LogP contribution < -0.4 is 4.90 Å². The zero-order valence-corrected chi connectivity index (χ0v) is 16.8. The Morgan fingerprint density at radius 1 is 1.10 bits per heavy atom. The van der Waals surface area contributed by atoms with Gasteiger partial charge in [-0.2, -0.15) is 10.2 Å². The molecular weight excluding hydrogens is 397 g/mol. The Kier molecular flexibility index (Phi) is 4.86. The molecule has 1 amide bonds. The third-order valence-corrected chi connectivity index (χ3v) is 5.75. The summed E-state index contributed by atoms with van der Waals surface area (Å²) in [7, 11) is 0. The maximum Gasteiger partial charge on any atom is 0.256 e. The molecular formula is C23H20FN5O2. The molecule has 2 heterocycles. The standard InChI is InChI=1S/C23H20FN5O2/c24-20-13-15(14-25)1-8-19(20)23(30)29-11-9-28(10-12-29)18-6-4-16(5-7-18)21-26-22(31-27-21)17-2-3-17/h1,4-8,13,17H,2-3,9-12H2. The van der Waals surface area contributed by atoms with Gasteiger partial charge in [0.05, 0.1) is 17.2 Å². The minimum Gasteiger partial charge on any atom is -0.368 e. The van der Waals surface area contributed by atoms with E-state index in [2.05, 4.69) is 15.0 Å².